The van der Waals surface area contributed by atoms with Crippen LogP contribution < -0.4 is 5.32 Å². The Kier molecular flexibility index (Phi) is 6.93. The van der Waals surface area contributed by atoms with Gasteiger partial charge >= 0.3 is 0 Å². The van der Waals surface area contributed by atoms with Crippen molar-refractivity contribution in [1.29, 1.82) is 0 Å². The molecule has 6 heteroatoms. The van der Waals surface area contributed by atoms with E-state index in [0.29, 0.717) is 24.7 Å². The van der Waals surface area contributed by atoms with Crippen LogP contribution in [0.25, 0.3) is 0 Å². The van der Waals surface area contributed by atoms with Gasteiger partial charge in [-0.25, -0.2) is 4.98 Å². The molecule has 112 valence electrons. The SMILES string of the molecule is CCC(CC)N(CCOC)C(=O)c1cncc(NC)n1. The topological polar surface area (TPSA) is 67.3 Å². The Morgan fingerprint density at radius 3 is 2.65 bits per heavy atom. The molecule has 0 radical (unpaired) electrons. The summed E-state index contributed by atoms with van der Waals surface area (Å²) in [5.74, 6) is 0.493. The summed E-state index contributed by atoms with van der Waals surface area (Å²) in [6.07, 6.45) is 4.91. The van der Waals surface area contributed by atoms with E-state index in [4.69, 9.17) is 4.74 Å². The number of carbonyl (C=O) groups is 1. The van der Waals surface area contributed by atoms with Crippen LogP contribution in [-0.4, -0.2) is 54.1 Å². The van der Waals surface area contributed by atoms with E-state index < -0.39 is 0 Å². The quantitative estimate of drug-likeness (QED) is 0.786. The lowest BCUT2D eigenvalue weighted by atomic mass is 10.1. The minimum Gasteiger partial charge on any atom is -0.383 e. The maximum absolute atomic E-state index is 12.6. The zero-order chi connectivity index (χ0) is 15.0. The van der Waals surface area contributed by atoms with Gasteiger partial charge in [0.15, 0.2) is 0 Å². The van der Waals surface area contributed by atoms with Gasteiger partial charge in [0.1, 0.15) is 11.5 Å². The van der Waals surface area contributed by atoms with Gasteiger partial charge in [-0.2, -0.15) is 0 Å². The molecule has 0 aromatic carbocycles. The second-order valence-corrected chi connectivity index (χ2v) is 4.50. The van der Waals surface area contributed by atoms with Crippen LogP contribution in [0, 0.1) is 0 Å². The van der Waals surface area contributed by atoms with Gasteiger partial charge in [0.05, 0.1) is 19.0 Å². The van der Waals surface area contributed by atoms with Crippen molar-refractivity contribution in [2.24, 2.45) is 0 Å². The Morgan fingerprint density at radius 1 is 1.40 bits per heavy atom. The first-order chi connectivity index (χ1) is 9.67. The van der Waals surface area contributed by atoms with Crippen LogP contribution in [0.1, 0.15) is 37.2 Å². The third-order valence-electron chi connectivity index (χ3n) is 3.29. The summed E-state index contributed by atoms with van der Waals surface area (Å²) in [5.41, 5.74) is 0.361. The molecule has 0 spiro atoms. The number of nitrogens with zero attached hydrogens (tertiary/aromatic N) is 3. The van der Waals surface area contributed by atoms with Gasteiger partial charge in [-0.3, -0.25) is 9.78 Å². The zero-order valence-electron chi connectivity index (χ0n) is 12.7. The highest BCUT2D eigenvalue weighted by Gasteiger charge is 2.23. The van der Waals surface area contributed by atoms with Crippen molar-refractivity contribution in [1.82, 2.24) is 14.9 Å². The highest BCUT2D eigenvalue weighted by molar-refractivity contribution is 5.92. The van der Waals surface area contributed by atoms with E-state index in [1.807, 2.05) is 4.90 Å². The second-order valence-electron chi connectivity index (χ2n) is 4.50. The molecule has 20 heavy (non-hydrogen) atoms. The molecule has 0 saturated carbocycles. The van der Waals surface area contributed by atoms with Gasteiger partial charge in [-0.05, 0) is 12.8 Å². The number of hydrogen-bond acceptors (Lipinski definition) is 5. The van der Waals surface area contributed by atoms with Crippen molar-refractivity contribution in [3.05, 3.63) is 18.1 Å². The first kappa shape index (κ1) is 16.4. The number of carbonyl (C=O) groups excluding carboxylic acids is 1. The van der Waals surface area contributed by atoms with Crippen molar-refractivity contribution in [2.75, 3.05) is 32.6 Å². The minimum absolute atomic E-state index is 0.0969. The molecular formula is C14H24N4O2. The fourth-order valence-corrected chi connectivity index (χ4v) is 2.11. The number of ether oxygens (including phenoxy) is 1. The van der Waals surface area contributed by atoms with Gasteiger partial charge in [0.2, 0.25) is 0 Å². The largest absolute Gasteiger partial charge is 0.383 e. The Labute approximate surface area is 120 Å². The molecule has 0 saturated heterocycles. The Hall–Kier alpha value is -1.69. The molecular weight excluding hydrogens is 256 g/mol. The van der Waals surface area contributed by atoms with Gasteiger partial charge in [0, 0.05) is 26.7 Å². The zero-order valence-corrected chi connectivity index (χ0v) is 12.7. The number of amides is 1. The minimum atomic E-state index is -0.0969. The monoisotopic (exact) mass is 280 g/mol. The van der Waals surface area contributed by atoms with E-state index >= 15 is 0 Å². The Morgan fingerprint density at radius 2 is 2.10 bits per heavy atom. The third kappa shape index (κ3) is 4.16. The summed E-state index contributed by atoms with van der Waals surface area (Å²) in [4.78, 5) is 22.8. The molecule has 1 amide bonds. The second kappa shape index (κ2) is 8.47. The molecule has 0 fully saturated rings. The summed E-state index contributed by atoms with van der Waals surface area (Å²) in [7, 11) is 3.39. The smallest absolute Gasteiger partial charge is 0.274 e. The molecule has 0 aliphatic carbocycles. The first-order valence-electron chi connectivity index (χ1n) is 6.97. The summed E-state index contributed by atoms with van der Waals surface area (Å²) >= 11 is 0. The highest BCUT2D eigenvalue weighted by Crippen LogP contribution is 2.13. The van der Waals surface area contributed by atoms with Crippen molar-refractivity contribution < 1.29 is 9.53 Å². The lowest BCUT2D eigenvalue weighted by molar-refractivity contribution is 0.0583. The predicted molar refractivity (Wildman–Crippen MR) is 78.9 cm³/mol. The van der Waals surface area contributed by atoms with Gasteiger partial charge in [0.25, 0.3) is 5.91 Å². The van der Waals surface area contributed by atoms with E-state index in [9.17, 15) is 4.79 Å². The molecule has 0 aliphatic heterocycles. The van der Waals surface area contributed by atoms with Crippen LogP contribution in [0.5, 0.6) is 0 Å². The number of anilines is 1. The average molecular weight is 280 g/mol. The van der Waals surface area contributed by atoms with Crippen LogP contribution in [0.3, 0.4) is 0 Å². The van der Waals surface area contributed by atoms with Gasteiger partial charge in [-0.15, -0.1) is 0 Å². The maximum atomic E-state index is 12.6. The van der Waals surface area contributed by atoms with Crippen molar-refractivity contribution >= 4 is 11.7 Å². The number of hydrogen-bond donors (Lipinski definition) is 1. The predicted octanol–water partition coefficient (Wildman–Crippen LogP) is 1.80. The Balaban J connectivity index is 2.95. The molecule has 1 rings (SSSR count). The van der Waals surface area contributed by atoms with Crippen LogP contribution in [0.15, 0.2) is 12.4 Å². The molecule has 0 aliphatic rings. The molecule has 0 bridgehead atoms. The van der Waals surface area contributed by atoms with E-state index in [-0.39, 0.29) is 11.9 Å². The van der Waals surface area contributed by atoms with Crippen LogP contribution in [0.4, 0.5) is 5.82 Å². The standard InChI is InChI=1S/C14H24N4O2/c1-5-11(6-2)18(7-8-20-4)14(19)12-9-16-10-13(15-3)17-12/h9-11H,5-8H2,1-4H3,(H,15,17). The number of rotatable bonds is 8. The molecule has 0 unspecified atom stereocenters. The fraction of sp³-hybridized carbons (Fsp3) is 0.643. The summed E-state index contributed by atoms with van der Waals surface area (Å²) in [6.45, 7) is 5.24. The van der Waals surface area contributed by atoms with Gasteiger partial charge < -0.3 is 15.0 Å². The lowest BCUT2D eigenvalue weighted by Crippen LogP contribution is -2.42. The van der Waals surface area contributed by atoms with Crippen LogP contribution in [0.2, 0.25) is 0 Å². The first-order valence-corrected chi connectivity index (χ1v) is 6.97. The number of aromatic nitrogens is 2. The van der Waals surface area contributed by atoms with E-state index in [1.165, 1.54) is 6.20 Å². The average Bonchev–Trinajstić information content (AvgIpc) is 2.50. The van der Waals surface area contributed by atoms with E-state index in [1.54, 1.807) is 20.4 Å². The molecule has 1 aromatic rings. The summed E-state index contributed by atoms with van der Waals surface area (Å²) in [5, 5.41) is 2.89. The molecule has 6 nitrogen and oxygen atoms in total. The molecule has 0 atom stereocenters. The highest BCUT2D eigenvalue weighted by atomic mass is 16.5. The molecule has 1 heterocycles. The molecule has 1 aromatic heterocycles. The van der Waals surface area contributed by atoms with Gasteiger partial charge in [-0.1, -0.05) is 13.8 Å². The fourth-order valence-electron chi connectivity index (χ4n) is 2.11. The van der Waals surface area contributed by atoms with Crippen molar-refractivity contribution in [3.8, 4) is 0 Å². The lowest BCUT2D eigenvalue weighted by Gasteiger charge is -2.30. The van der Waals surface area contributed by atoms with E-state index in [2.05, 4.69) is 29.1 Å². The molecule has 1 N–H and O–H groups in total. The van der Waals surface area contributed by atoms with Crippen molar-refractivity contribution in [2.45, 2.75) is 32.7 Å². The summed E-state index contributed by atoms with van der Waals surface area (Å²) in [6, 6.07) is 0.192. The van der Waals surface area contributed by atoms with Crippen LogP contribution >= 0.6 is 0 Å². The number of methoxy groups -OCH3 is 1. The van der Waals surface area contributed by atoms with Crippen LogP contribution in [-0.2, 0) is 4.74 Å². The normalized spacial score (nSPS) is 10.7. The third-order valence-corrected chi connectivity index (χ3v) is 3.29. The summed E-state index contributed by atoms with van der Waals surface area (Å²) < 4.78 is 5.10. The van der Waals surface area contributed by atoms with Crippen molar-refractivity contribution in [3.63, 3.8) is 0 Å². The number of nitrogens with one attached hydrogen (secondary N) is 1. The van der Waals surface area contributed by atoms with E-state index in [0.717, 1.165) is 12.8 Å². The Bertz CT molecular complexity index is 421. The maximum Gasteiger partial charge on any atom is 0.274 e.